The summed E-state index contributed by atoms with van der Waals surface area (Å²) in [5.74, 6) is 1.11. The van der Waals surface area contributed by atoms with Gasteiger partial charge < -0.3 is 0 Å². The van der Waals surface area contributed by atoms with E-state index < -0.39 is 0 Å². The first kappa shape index (κ1) is 16.6. The Morgan fingerprint density at radius 3 is 2.83 bits per heavy atom. The summed E-state index contributed by atoms with van der Waals surface area (Å²) in [6.45, 7) is 0. The minimum atomic E-state index is -0.0452. The van der Waals surface area contributed by atoms with Crippen LogP contribution >= 0.6 is 57.6 Å². The van der Waals surface area contributed by atoms with Crippen LogP contribution in [-0.4, -0.2) is 26.3 Å². The number of rotatable bonds is 6. The molecule has 0 atom stereocenters. The summed E-state index contributed by atoms with van der Waals surface area (Å²) in [6, 6.07) is 6.11. The normalized spacial score (nSPS) is 14.2. The van der Waals surface area contributed by atoms with Crippen molar-refractivity contribution in [3.8, 4) is 10.7 Å². The SMILES string of the molecule is O=C(CSc1nnc(-c2cccs2)n1C1CC1)c1cc(Cl)sc1Cl. The van der Waals surface area contributed by atoms with E-state index in [0.29, 0.717) is 20.3 Å². The molecular formula is C15H11Cl2N3OS3. The van der Waals surface area contributed by atoms with Gasteiger partial charge >= 0.3 is 0 Å². The molecule has 3 aromatic heterocycles. The van der Waals surface area contributed by atoms with Gasteiger partial charge in [0.25, 0.3) is 0 Å². The van der Waals surface area contributed by atoms with Crippen LogP contribution < -0.4 is 0 Å². The van der Waals surface area contributed by atoms with Crippen LogP contribution in [0, 0.1) is 0 Å². The van der Waals surface area contributed by atoms with Gasteiger partial charge in [-0.05, 0) is 30.4 Å². The third kappa shape index (κ3) is 3.28. The Kier molecular flexibility index (Phi) is 4.70. The van der Waals surface area contributed by atoms with E-state index in [0.717, 1.165) is 28.7 Å². The fourth-order valence-corrected chi connectivity index (χ4v) is 5.44. The van der Waals surface area contributed by atoms with Crippen molar-refractivity contribution in [3.63, 3.8) is 0 Å². The van der Waals surface area contributed by atoms with Gasteiger partial charge in [0.1, 0.15) is 4.34 Å². The second kappa shape index (κ2) is 6.80. The van der Waals surface area contributed by atoms with Crippen LogP contribution in [-0.2, 0) is 0 Å². The molecule has 1 aliphatic rings. The smallest absolute Gasteiger partial charge is 0.192 e. The quantitative estimate of drug-likeness (QED) is 0.383. The molecule has 0 spiro atoms. The lowest BCUT2D eigenvalue weighted by atomic mass is 10.2. The zero-order valence-electron chi connectivity index (χ0n) is 12.2. The molecule has 1 aliphatic carbocycles. The molecule has 0 bridgehead atoms. The molecule has 3 heterocycles. The Labute approximate surface area is 160 Å². The fourth-order valence-electron chi connectivity index (χ4n) is 2.35. The number of thiophene rings is 2. The highest BCUT2D eigenvalue weighted by Crippen LogP contribution is 2.42. The van der Waals surface area contributed by atoms with E-state index in [1.54, 1.807) is 17.4 Å². The minimum absolute atomic E-state index is 0.0452. The van der Waals surface area contributed by atoms with Crippen LogP contribution in [0.1, 0.15) is 29.2 Å². The molecule has 4 rings (SSSR count). The Morgan fingerprint density at radius 1 is 1.38 bits per heavy atom. The van der Waals surface area contributed by atoms with E-state index in [-0.39, 0.29) is 11.5 Å². The van der Waals surface area contributed by atoms with Crippen molar-refractivity contribution in [2.75, 3.05) is 5.75 Å². The number of carbonyl (C=O) groups is 1. The van der Waals surface area contributed by atoms with Gasteiger partial charge in [-0.15, -0.1) is 32.9 Å². The van der Waals surface area contributed by atoms with Crippen molar-refractivity contribution in [1.29, 1.82) is 0 Å². The maximum Gasteiger partial charge on any atom is 0.192 e. The number of ketones is 1. The van der Waals surface area contributed by atoms with E-state index in [9.17, 15) is 4.79 Å². The number of hydrogen-bond donors (Lipinski definition) is 0. The number of halogens is 2. The Hall–Kier alpha value is -0.860. The molecule has 1 saturated carbocycles. The first-order chi connectivity index (χ1) is 11.6. The van der Waals surface area contributed by atoms with Crippen LogP contribution in [0.5, 0.6) is 0 Å². The zero-order valence-corrected chi connectivity index (χ0v) is 16.2. The first-order valence-corrected chi connectivity index (χ1v) is 10.7. The molecular weight excluding hydrogens is 405 g/mol. The summed E-state index contributed by atoms with van der Waals surface area (Å²) in [6.07, 6.45) is 2.26. The second-order valence-corrected chi connectivity index (χ2v) is 9.51. The molecule has 1 fully saturated rings. The fraction of sp³-hybridized carbons (Fsp3) is 0.267. The Morgan fingerprint density at radius 2 is 2.21 bits per heavy atom. The number of carbonyl (C=O) groups excluding carboxylic acids is 1. The molecule has 0 aliphatic heterocycles. The lowest BCUT2D eigenvalue weighted by Crippen LogP contribution is -2.04. The highest BCUT2D eigenvalue weighted by molar-refractivity contribution is 7.99. The third-order valence-corrected chi connectivity index (χ3v) is 6.90. The van der Waals surface area contributed by atoms with E-state index in [2.05, 4.69) is 14.8 Å². The highest BCUT2D eigenvalue weighted by atomic mass is 35.5. The Bertz CT molecular complexity index is 884. The molecule has 9 heteroatoms. The van der Waals surface area contributed by atoms with Crippen LogP contribution in [0.3, 0.4) is 0 Å². The molecule has 3 aromatic rings. The van der Waals surface area contributed by atoms with Crippen molar-refractivity contribution < 1.29 is 4.79 Å². The molecule has 0 aromatic carbocycles. The summed E-state index contributed by atoms with van der Waals surface area (Å²) < 4.78 is 3.12. The zero-order chi connectivity index (χ0) is 16.7. The summed E-state index contributed by atoms with van der Waals surface area (Å²) in [4.78, 5) is 13.5. The number of nitrogens with zero attached hydrogens (tertiary/aromatic N) is 3. The van der Waals surface area contributed by atoms with Crippen molar-refractivity contribution in [1.82, 2.24) is 14.8 Å². The van der Waals surface area contributed by atoms with Gasteiger partial charge in [-0.25, -0.2) is 0 Å². The predicted molar refractivity (Wildman–Crippen MR) is 101 cm³/mol. The van der Waals surface area contributed by atoms with Gasteiger partial charge in [-0.1, -0.05) is 41.0 Å². The first-order valence-electron chi connectivity index (χ1n) is 7.23. The maximum atomic E-state index is 12.4. The van der Waals surface area contributed by atoms with Crippen LogP contribution in [0.4, 0.5) is 0 Å². The van der Waals surface area contributed by atoms with Crippen LogP contribution in [0.25, 0.3) is 10.7 Å². The largest absolute Gasteiger partial charge is 0.298 e. The van der Waals surface area contributed by atoms with Crippen LogP contribution in [0.15, 0.2) is 28.7 Å². The molecule has 4 nitrogen and oxygen atoms in total. The topological polar surface area (TPSA) is 47.8 Å². The van der Waals surface area contributed by atoms with Crippen LogP contribution in [0.2, 0.25) is 8.67 Å². The van der Waals surface area contributed by atoms with Gasteiger partial charge in [0.2, 0.25) is 0 Å². The molecule has 0 N–H and O–H groups in total. The summed E-state index contributed by atoms with van der Waals surface area (Å²) in [5, 5.41) is 11.5. The van der Waals surface area contributed by atoms with Crippen molar-refractivity contribution in [3.05, 3.63) is 37.8 Å². The number of aromatic nitrogens is 3. The summed E-state index contributed by atoms with van der Waals surface area (Å²) >= 11 is 16.2. The summed E-state index contributed by atoms with van der Waals surface area (Å²) in [7, 11) is 0. The molecule has 124 valence electrons. The maximum absolute atomic E-state index is 12.4. The molecule has 0 unspecified atom stereocenters. The minimum Gasteiger partial charge on any atom is -0.298 e. The highest BCUT2D eigenvalue weighted by Gasteiger charge is 2.30. The van der Waals surface area contributed by atoms with Gasteiger partial charge in [-0.2, -0.15) is 0 Å². The molecule has 24 heavy (non-hydrogen) atoms. The molecule has 0 radical (unpaired) electrons. The number of thioether (sulfide) groups is 1. The average Bonchev–Trinajstić information content (AvgIpc) is 2.98. The van der Waals surface area contributed by atoms with E-state index in [4.69, 9.17) is 23.2 Å². The second-order valence-electron chi connectivity index (χ2n) is 5.33. The Balaban J connectivity index is 1.55. The van der Waals surface area contributed by atoms with Crippen molar-refractivity contribution in [2.24, 2.45) is 0 Å². The summed E-state index contributed by atoms with van der Waals surface area (Å²) in [5.41, 5.74) is 0.482. The van der Waals surface area contributed by atoms with E-state index in [1.165, 1.54) is 23.1 Å². The van der Waals surface area contributed by atoms with Gasteiger partial charge in [0, 0.05) is 11.6 Å². The van der Waals surface area contributed by atoms with E-state index in [1.807, 2.05) is 17.5 Å². The van der Waals surface area contributed by atoms with Crippen molar-refractivity contribution in [2.45, 2.75) is 24.0 Å². The molecule has 0 amide bonds. The number of hydrogen-bond acceptors (Lipinski definition) is 6. The van der Waals surface area contributed by atoms with Crippen molar-refractivity contribution >= 4 is 63.4 Å². The van der Waals surface area contributed by atoms with Gasteiger partial charge in [0.15, 0.2) is 16.8 Å². The lowest BCUT2D eigenvalue weighted by molar-refractivity contribution is 0.102. The van der Waals surface area contributed by atoms with Gasteiger partial charge in [-0.3, -0.25) is 9.36 Å². The predicted octanol–water partition coefficient (Wildman–Crippen LogP) is 5.68. The van der Waals surface area contributed by atoms with Gasteiger partial charge in [0.05, 0.1) is 15.0 Å². The number of Topliss-reactive ketones (excluding diaryl/α,β-unsaturated/α-hetero) is 1. The monoisotopic (exact) mass is 415 g/mol. The third-order valence-electron chi connectivity index (χ3n) is 3.61. The lowest BCUT2D eigenvalue weighted by Gasteiger charge is -2.07. The average molecular weight is 416 g/mol. The molecule has 0 saturated heterocycles. The standard InChI is InChI=1S/C15H11Cl2N3OS3/c16-12-6-9(13(17)24-12)10(21)7-23-15-19-18-14(11-2-1-5-22-11)20(15)8-3-4-8/h1-2,5-6,8H,3-4,7H2. The van der Waals surface area contributed by atoms with E-state index >= 15 is 0 Å².